The highest BCUT2D eigenvalue weighted by Crippen LogP contribution is 2.28. The number of nitrogens with zero attached hydrogens (tertiary/aromatic N) is 2. The number of nitrogens with one attached hydrogen (secondary N) is 1. The number of hydrogen-bond donors (Lipinski definition) is 1. The van der Waals surface area contributed by atoms with Crippen LogP contribution in [-0.4, -0.2) is 61.7 Å². The van der Waals surface area contributed by atoms with Crippen LogP contribution in [0.2, 0.25) is 0 Å². The Morgan fingerprint density at radius 3 is 2.21 bits per heavy atom. The van der Waals surface area contributed by atoms with Crippen molar-refractivity contribution < 1.29 is 0 Å². The maximum absolute atomic E-state index is 3.75. The van der Waals surface area contributed by atoms with E-state index in [-0.39, 0.29) is 0 Å². The van der Waals surface area contributed by atoms with Crippen LogP contribution in [0.5, 0.6) is 0 Å². The van der Waals surface area contributed by atoms with E-state index in [9.17, 15) is 0 Å². The number of hydrogen-bond acceptors (Lipinski definition) is 3. The molecular weight excluding hydrogens is 234 g/mol. The summed E-state index contributed by atoms with van der Waals surface area (Å²) in [6, 6.07) is 0.741. The lowest BCUT2D eigenvalue weighted by molar-refractivity contribution is 0.114. The van der Waals surface area contributed by atoms with Gasteiger partial charge in [-0.15, -0.1) is 0 Å². The Bertz CT molecular complexity index is 230. The van der Waals surface area contributed by atoms with Crippen molar-refractivity contribution in [2.24, 2.45) is 5.92 Å². The number of rotatable bonds is 7. The molecule has 1 saturated heterocycles. The number of likely N-dealkylation sites (N-methyl/N-ethyl adjacent to an activating group) is 1. The van der Waals surface area contributed by atoms with Gasteiger partial charge >= 0.3 is 0 Å². The van der Waals surface area contributed by atoms with E-state index in [4.69, 9.17) is 0 Å². The van der Waals surface area contributed by atoms with Gasteiger partial charge in [-0.3, -0.25) is 4.90 Å². The molecule has 1 saturated carbocycles. The summed E-state index contributed by atoms with van der Waals surface area (Å²) in [5.74, 6) is 0.939. The smallest absolute Gasteiger partial charge is 0.0223 e. The topological polar surface area (TPSA) is 18.5 Å². The van der Waals surface area contributed by atoms with Gasteiger partial charge in [-0.05, 0) is 38.3 Å². The predicted molar refractivity (Wildman–Crippen MR) is 82.6 cm³/mol. The zero-order valence-corrected chi connectivity index (χ0v) is 13.0. The van der Waals surface area contributed by atoms with Gasteiger partial charge in [0.05, 0.1) is 0 Å². The normalized spacial score (nSPS) is 24.9. The third-order valence-corrected chi connectivity index (χ3v) is 4.89. The molecule has 0 radical (unpaired) electrons. The molecule has 1 atom stereocenters. The second kappa shape index (κ2) is 8.23. The molecule has 0 aromatic heterocycles. The first-order chi connectivity index (χ1) is 9.33. The van der Waals surface area contributed by atoms with Crippen molar-refractivity contribution in [1.29, 1.82) is 0 Å². The van der Waals surface area contributed by atoms with Gasteiger partial charge in [0.25, 0.3) is 0 Å². The maximum Gasteiger partial charge on any atom is 0.0223 e. The minimum atomic E-state index is 0.741. The van der Waals surface area contributed by atoms with E-state index in [0.717, 1.165) is 18.5 Å². The lowest BCUT2D eigenvalue weighted by Gasteiger charge is -2.37. The highest BCUT2D eigenvalue weighted by Gasteiger charge is 2.27. The van der Waals surface area contributed by atoms with E-state index in [1.54, 1.807) is 0 Å². The van der Waals surface area contributed by atoms with Crippen molar-refractivity contribution in [1.82, 2.24) is 15.1 Å². The van der Waals surface area contributed by atoms with Crippen molar-refractivity contribution in [3.8, 4) is 0 Å². The molecule has 1 N–H and O–H groups in total. The fourth-order valence-corrected chi connectivity index (χ4v) is 3.79. The van der Waals surface area contributed by atoms with Crippen molar-refractivity contribution in [2.45, 2.75) is 52.0 Å². The van der Waals surface area contributed by atoms with Crippen molar-refractivity contribution in [3.63, 3.8) is 0 Å². The van der Waals surface area contributed by atoms with Gasteiger partial charge in [-0.1, -0.05) is 26.7 Å². The molecule has 3 nitrogen and oxygen atoms in total. The van der Waals surface area contributed by atoms with E-state index in [2.05, 4.69) is 29.0 Å². The summed E-state index contributed by atoms with van der Waals surface area (Å²) in [5.41, 5.74) is 0. The molecule has 112 valence electrons. The average molecular weight is 267 g/mol. The molecule has 0 aromatic carbocycles. The summed E-state index contributed by atoms with van der Waals surface area (Å²) in [4.78, 5) is 5.31. The molecule has 1 aliphatic heterocycles. The second-order valence-electron chi connectivity index (χ2n) is 6.35. The van der Waals surface area contributed by atoms with Crippen molar-refractivity contribution in [3.05, 3.63) is 0 Å². The zero-order valence-electron chi connectivity index (χ0n) is 13.0. The highest BCUT2D eigenvalue weighted by atomic mass is 15.3. The van der Waals surface area contributed by atoms with Crippen LogP contribution >= 0.6 is 0 Å². The van der Waals surface area contributed by atoms with E-state index >= 15 is 0 Å². The molecule has 1 unspecified atom stereocenters. The van der Waals surface area contributed by atoms with Gasteiger partial charge in [0.15, 0.2) is 0 Å². The van der Waals surface area contributed by atoms with Gasteiger partial charge in [0.2, 0.25) is 0 Å². The summed E-state index contributed by atoms with van der Waals surface area (Å²) >= 11 is 0. The molecule has 0 spiro atoms. The van der Waals surface area contributed by atoms with E-state index in [1.807, 2.05) is 0 Å². The Morgan fingerprint density at radius 2 is 1.63 bits per heavy atom. The zero-order chi connectivity index (χ0) is 13.5. The average Bonchev–Trinajstić information content (AvgIpc) is 2.95. The molecule has 1 heterocycles. The molecule has 2 aliphatic rings. The SMILES string of the molecule is CCCN1CCN(CC(NCC)C2CCCC2)CC1. The van der Waals surface area contributed by atoms with Crippen LogP contribution in [0.3, 0.4) is 0 Å². The fourth-order valence-electron chi connectivity index (χ4n) is 3.79. The van der Waals surface area contributed by atoms with Crippen molar-refractivity contribution >= 4 is 0 Å². The Kier molecular flexibility index (Phi) is 6.62. The molecule has 0 amide bonds. The third kappa shape index (κ3) is 4.73. The Labute approximate surface area is 119 Å². The monoisotopic (exact) mass is 267 g/mol. The summed E-state index contributed by atoms with van der Waals surface area (Å²) in [5, 5.41) is 3.75. The van der Waals surface area contributed by atoms with E-state index in [1.165, 1.54) is 71.4 Å². The first-order valence-corrected chi connectivity index (χ1v) is 8.51. The molecule has 3 heteroatoms. The maximum atomic E-state index is 3.75. The van der Waals surface area contributed by atoms with E-state index in [0.29, 0.717) is 0 Å². The molecule has 2 fully saturated rings. The van der Waals surface area contributed by atoms with Gasteiger partial charge in [0, 0.05) is 38.8 Å². The largest absolute Gasteiger partial charge is 0.313 e. The summed E-state index contributed by atoms with van der Waals surface area (Å²) < 4.78 is 0. The van der Waals surface area contributed by atoms with Gasteiger partial charge < -0.3 is 10.2 Å². The molecule has 2 rings (SSSR count). The molecule has 19 heavy (non-hydrogen) atoms. The highest BCUT2D eigenvalue weighted by molar-refractivity contribution is 4.84. The van der Waals surface area contributed by atoms with Gasteiger partial charge in [-0.2, -0.15) is 0 Å². The van der Waals surface area contributed by atoms with Gasteiger partial charge in [0.1, 0.15) is 0 Å². The number of piperazine rings is 1. The van der Waals surface area contributed by atoms with Crippen molar-refractivity contribution in [2.75, 3.05) is 45.8 Å². The summed E-state index contributed by atoms with van der Waals surface area (Å²) in [6.07, 6.45) is 7.11. The van der Waals surface area contributed by atoms with Gasteiger partial charge in [-0.25, -0.2) is 0 Å². The molecule has 0 bridgehead atoms. The van der Waals surface area contributed by atoms with E-state index < -0.39 is 0 Å². The Hall–Kier alpha value is -0.120. The minimum absolute atomic E-state index is 0.741. The van der Waals surface area contributed by atoms with Crippen LogP contribution in [0.1, 0.15) is 46.0 Å². The lowest BCUT2D eigenvalue weighted by Crippen LogP contribution is -2.52. The van der Waals surface area contributed by atoms with Crippen LogP contribution in [0.25, 0.3) is 0 Å². The first-order valence-electron chi connectivity index (χ1n) is 8.51. The van der Waals surface area contributed by atoms with Crippen LogP contribution in [0, 0.1) is 5.92 Å². The van der Waals surface area contributed by atoms with Crippen LogP contribution < -0.4 is 5.32 Å². The summed E-state index contributed by atoms with van der Waals surface area (Å²) in [7, 11) is 0. The predicted octanol–water partition coefficient (Wildman–Crippen LogP) is 2.18. The minimum Gasteiger partial charge on any atom is -0.313 e. The molecular formula is C16H33N3. The first kappa shape index (κ1) is 15.3. The Balaban J connectivity index is 1.75. The third-order valence-electron chi connectivity index (χ3n) is 4.89. The summed E-state index contributed by atoms with van der Waals surface area (Å²) in [6.45, 7) is 13.3. The quantitative estimate of drug-likeness (QED) is 0.763. The van der Waals surface area contributed by atoms with Crippen LogP contribution in [0.4, 0.5) is 0 Å². The molecule has 1 aliphatic carbocycles. The lowest BCUT2D eigenvalue weighted by atomic mass is 9.97. The van der Waals surface area contributed by atoms with Crippen LogP contribution in [0.15, 0.2) is 0 Å². The standard InChI is InChI=1S/C16H33N3/c1-3-9-18-10-12-19(13-11-18)14-16(17-4-2)15-7-5-6-8-15/h15-17H,3-14H2,1-2H3. The second-order valence-corrected chi connectivity index (χ2v) is 6.35. The molecule has 0 aromatic rings. The fraction of sp³-hybridized carbons (Fsp3) is 1.00. The Morgan fingerprint density at radius 1 is 1.00 bits per heavy atom. The van der Waals surface area contributed by atoms with Crippen LogP contribution in [-0.2, 0) is 0 Å².